The molecule has 1 heterocycles. The van der Waals surface area contributed by atoms with E-state index in [1.807, 2.05) is 0 Å². The van der Waals surface area contributed by atoms with Gasteiger partial charge in [0.15, 0.2) is 6.29 Å². The van der Waals surface area contributed by atoms with Crippen molar-refractivity contribution in [3.8, 4) is 0 Å². The van der Waals surface area contributed by atoms with Crippen LogP contribution < -0.4 is 0 Å². The van der Waals surface area contributed by atoms with Crippen LogP contribution in [0.1, 0.15) is 26.2 Å². The van der Waals surface area contributed by atoms with Crippen molar-refractivity contribution in [1.29, 1.82) is 0 Å². The molecule has 0 aromatic heterocycles. The van der Waals surface area contributed by atoms with Gasteiger partial charge in [-0.15, -0.1) is 0 Å². The van der Waals surface area contributed by atoms with Crippen molar-refractivity contribution in [2.45, 2.75) is 50.8 Å². The average Bonchev–Trinajstić information content (AvgIpc) is 2.23. The first-order chi connectivity index (χ1) is 7.19. The fourth-order valence-electron chi connectivity index (χ4n) is 1.53. The van der Waals surface area contributed by atoms with E-state index in [4.69, 9.17) is 14.6 Å². The highest BCUT2D eigenvalue weighted by Gasteiger charge is 2.36. The highest BCUT2D eigenvalue weighted by atomic mass is 16.7. The molecule has 0 aromatic rings. The van der Waals surface area contributed by atoms with E-state index in [9.17, 15) is 10.2 Å². The summed E-state index contributed by atoms with van der Waals surface area (Å²) in [6.07, 6.45) is -0.971. The highest BCUT2D eigenvalue weighted by molar-refractivity contribution is 4.82. The van der Waals surface area contributed by atoms with E-state index in [-0.39, 0.29) is 13.0 Å². The maximum atomic E-state index is 9.49. The molecule has 0 radical (unpaired) electrons. The molecular formula is C10H20O5. The van der Waals surface area contributed by atoms with E-state index < -0.39 is 24.6 Å². The number of hydrogen-bond acceptors (Lipinski definition) is 5. The molecule has 1 aliphatic heterocycles. The number of unbranched alkanes of at least 4 members (excludes halogenated alkanes) is 1. The summed E-state index contributed by atoms with van der Waals surface area (Å²) in [7, 11) is 0. The minimum atomic E-state index is -1.03. The van der Waals surface area contributed by atoms with E-state index in [2.05, 4.69) is 6.92 Å². The van der Waals surface area contributed by atoms with Crippen LogP contribution in [0.15, 0.2) is 0 Å². The molecule has 0 spiro atoms. The fraction of sp³-hybridized carbons (Fsp3) is 1.00. The van der Waals surface area contributed by atoms with Crippen LogP contribution in [-0.4, -0.2) is 53.1 Å². The van der Waals surface area contributed by atoms with E-state index >= 15 is 0 Å². The third-order valence-corrected chi connectivity index (χ3v) is 2.52. The largest absolute Gasteiger partial charge is 0.394 e. The molecule has 4 atom stereocenters. The molecule has 0 aromatic carbocycles. The van der Waals surface area contributed by atoms with Gasteiger partial charge in [0.1, 0.15) is 12.2 Å². The smallest absolute Gasteiger partial charge is 0.160 e. The van der Waals surface area contributed by atoms with Crippen LogP contribution in [0.2, 0.25) is 0 Å². The lowest BCUT2D eigenvalue weighted by Gasteiger charge is -2.36. The van der Waals surface area contributed by atoms with Crippen LogP contribution in [0, 0.1) is 0 Å². The van der Waals surface area contributed by atoms with Gasteiger partial charge in [0.05, 0.1) is 12.7 Å². The monoisotopic (exact) mass is 220 g/mol. The zero-order valence-corrected chi connectivity index (χ0v) is 9.00. The number of ether oxygens (including phenoxy) is 2. The standard InChI is InChI=1S/C10H20O5/c1-2-3-4-14-9-5-7(12)10(13)8(6-11)15-9/h7-13H,2-6H2,1H3. The van der Waals surface area contributed by atoms with E-state index in [1.165, 1.54) is 0 Å². The molecule has 5 nitrogen and oxygen atoms in total. The Labute approximate surface area is 89.6 Å². The van der Waals surface area contributed by atoms with Gasteiger partial charge in [-0.1, -0.05) is 13.3 Å². The van der Waals surface area contributed by atoms with Gasteiger partial charge in [-0.25, -0.2) is 0 Å². The summed E-state index contributed by atoms with van der Waals surface area (Å²) in [5.41, 5.74) is 0. The molecule has 0 saturated carbocycles. The van der Waals surface area contributed by atoms with E-state index in [1.54, 1.807) is 0 Å². The molecule has 3 N–H and O–H groups in total. The van der Waals surface area contributed by atoms with Crippen LogP contribution >= 0.6 is 0 Å². The minimum Gasteiger partial charge on any atom is -0.394 e. The first-order valence-electron chi connectivity index (χ1n) is 5.43. The molecule has 90 valence electrons. The second-order valence-corrected chi connectivity index (χ2v) is 3.80. The zero-order chi connectivity index (χ0) is 11.3. The van der Waals surface area contributed by atoms with Crippen LogP contribution in [0.25, 0.3) is 0 Å². The summed E-state index contributed by atoms with van der Waals surface area (Å²) in [5, 5.41) is 27.8. The van der Waals surface area contributed by atoms with Crippen molar-refractivity contribution >= 4 is 0 Å². The van der Waals surface area contributed by atoms with Crippen molar-refractivity contribution in [1.82, 2.24) is 0 Å². The Balaban J connectivity index is 2.34. The van der Waals surface area contributed by atoms with Crippen molar-refractivity contribution in [2.75, 3.05) is 13.2 Å². The Morgan fingerprint density at radius 3 is 2.73 bits per heavy atom. The predicted molar refractivity (Wildman–Crippen MR) is 53.2 cm³/mol. The van der Waals surface area contributed by atoms with E-state index in [0.717, 1.165) is 12.8 Å². The number of hydrogen-bond donors (Lipinski definition) is 3. The van der Waals surface area contributed by atoms with Crippen LogP contribution in [-0.2, 0) is 9.47 Å². The lowest BCUT2D eigenvalue weighted by molar-refractivity contribution is -0.256. The molecule has 1 aliphatic rings. The van der Waals surface area contributed by atoms with Crippen LogP contribution in [0.4, 0.5) is 0 Å². The first kappa shape index (κ1) is 12.9. The number of rotatable bonds is 5. The van der Waals surface area contributed by atoms with Gasteiger partial charge < -0.3 is 24.8 Å². The molecule has 5 heteroatoms. The molecule has 1 fully saturated rings. The topological polar surface area (TPSA) is 79.2 Å². The zero-order valence-electron chi connectivity index (χ0n) is 9.00. The molecule has 1 saturated heterocycles. The Bertz CT molecular complexity index is 175. The Morgan fingerprint density at radius 1 is 1.40 bits per heavy atom. The Morgan fingerprint density at radius 2 is 2.13 bits per heavy atom. The van der Waals surface area contributed by atoms with Gasteiger partial charge in [0.2, 0.25) is 0 Å². The molecule has 1 rings (SSSR count). The summed E-state index contributed by atoms with van der Waals surface area (Å²) in [6.45, 7) is 2.31. The average molecular weight is 220 g/mol. The van der Waals surface area contributed by atoms with Crippen LogP contribution in [0.3, 0.4) is 0 Å². The predicted octanol–water partition coefficient (Wildman–Crippen LogP) is -0.368. The van der Waals surface area contributed by atoms with Gasteiger partial charge >= 0.3 is 0 Å². The fourth-order valence-corrected chi connectivity index (χ4v) is 1.53. The highest BCUT2D eigenvalue weighted by Crippen LogP contribution is 2.21. The third kappa shape index (κ3) is 3.70. The van der Waals surface area contributed by atoms with Gasteiger partial charge in [0, 0.05) is 13.0 Å². The maximum absolute atomic E-state index is 9.49. The van der Waals surface area contributed by atoms with Gasteiger partial charge in [0.25, 0.3) is 0 Å². The molecule has 0 aliphatic carbocycles. The van der Waals surface area contributed by atoms with Crippen LogP contribution in [0.5, 0.6) is 0 Å². The Kier molecular flexibility index (Phi) is 5.49. The lowest BCUT2D eigenvalue weighted by atomic mass is 10.0. The van der Waals surface area contributed by atoms with Crippen molar-refractivity contribution < 1.29 is 24.8 Å². The second kappa shape index (κ2) is 6.40. The molecule has 15 heavy (non-hydrogen) atoms. The summed E-state index contributed by atoms with van der Waals surface area (Å²) < 4.78 is 10.7. The summed E-state index contributed by atoms with van der Waals surface area (Å²) >= 11 is 0. The van der Waals surface area contributed by atoms with Crippen molar-refractivity contribution in [2.24, 2.45) is 0 Å². The third-order valence-electron chi connectivity index (χ3n) is 2.52. The van der Waals surface area contributed by atoms with E-state index in [0.29, 0.717) is 6.61 Å². The van der Waals surface area contributed by atoms with Crippen molar-refractivity contribution in [3.63, 3.8) is 0 Å². The molecule has 0 bridgehead atoms. The summed E-state index contributed by atoms with van der Waals surface area (Å²) in [5.74, 6) is 0. The van der Waals surface area contributed by atoms with Crippen molar-refractivity contribution in [3.05, 3.63) is 0 Å². The molecule has 4 unspecified atom stereocenters. The quantitative estimate of drug-likeness (QED) is 0.551. The minimum absolute atomic E-state index is 0.251. The molecule has 0 amide bonds. The van der Waals surface area contributed by atoms with Gasteiger partial charge in [-0.2, -0.15) is 0 Å². The number of aliphatic hydroxyl groups excluding tert-OH is 3. The SMILES string of the molecule is CCCCOC1CC(O)C(O)C(CO)O1. The summed E-state index contributed by atoms with van der Waals surface area (Å²) in [4.78, 5) is 0. The summed E-state index contributed by atoms with van der Waals surface area (Å²) in [6, 6.07) is 0. The van der Waals surface area contributed by atoms with Gasteiger partial charge in [-0.05, 0) is 6.42 Å². The maximum Gasteiger partial charge on any atom is 0.160 e. The Hall–Kier alpha value is -0.200. The first-order valence-corrected chi connectivity index (χ1v) is 5.43. The normalized spacial score (nSPS) is 36.8. The van der Waals surface area contributed by atoms with Gasteiger partial charge in [-0.3, -0.25) is 0 Å². The number of aliphatic hydroxyl groups is 3. The lowest BCUT2D eigenvalue weighted by Crippen LogP contribution is -2.50. The molecular weight excluding hydrogens is 200 g/mol. The second-order valence-electron chi connectivity index (χ2n) is 3.80.